The van der Waals surface area contributed by atoms with Crippen molar-refractivity contribution in [1.82, 2.24) is 0 Å². The van der Waals surface area contributed by atoms with Gasteiger partial charge >= 0.3 is 6.61 Å². The molecule has 0 bridgehead atoms. The van der Waals surface area contributed by atoms with Crippen molar-refractivity contribution in [3.63, 3.8) is 0 Å². The maximum Gasteiger partial charge on any atom is 0.387 e. The summed E-state index contributed by atoms with van der Waals surface area (Å²) in [5, 5.41) is 15.7. The molecule has 0 unspecified atom stereocenters. The van der Waals surface area contributed by atoms with E-state index in [9.17, 15) is 27.3 Å². The van der Waals surface area contributed by atoms with Crippen molar-refractivity contribution in [1.29, 1.82) is 0 Å². The van der Waals surface area contributed by atoms with E-state index in [1.807, 2.05) is 0 Å². The topological polar surface area (TPSA) is 123 Å². The minimum Gasteiger partial charge on any atom is -0.434 e. The Hall–Kier alpha value is -3.77. The predicted molar refractivity (Wildman–Crippen MR) is 124 cm³/mol. The Morgan fingerprint density at radius 1 is 1.12 bits per heavy atom. The molecular weight excluding hydrogens is 494 g/mol. The lowest BCUT2D eigenvalue weighted by Crippen LogP contribution is -2.15. The van der Waals surface area contributed by atoms with Gasteiger partial charge in [0.2, 0.25) is 0 Å². The molecular formula is C21H17ClF2N4O5S. The second-order valence-corrected chi connectivity index (χ2v) is 8.82. The molecule has 0 aliphatic rings. The summed E-state index contributed by atoms with van der Waals surface area (Å²) >= 11 is 5.81. The highest BCUT2D eigenvalue weighted by Gasteiger charge is 2.23. The molecule has 0 aromatic heterocycles. The summed E-state index contributed by atoms with van der Waals surface area (Å²) in [6.07, 6.45) is 0. The van der Waals surface area contributed by atoms with Crippen molar-refractivity contribution in [2.75, 3.05) is 10.1 Å². The Bertz CT molecular complexity index is 1340. The van der Waals surface area contributed by atoms with Gasteiger partial charge in [-0.1, -0.05) is 23.7 Å². The fourth-order valence-corrected chi connectivity index (χ4v) is 4.20. The number of nitro groups is 1. The van der Waals surface area contributed by atoms with Crippen LogP contribution in [0.5, 0.6) is 5.75 Å². The number of para-hydroxylation sites is 1. The van der Waals surface area contributed by atoms with Crippen LogP contribution in [0.25, 0.3) is 0 Å². The SMILES string of the molecule is C/C(=N/Nc1ccc([N+](=O)[O-])cc1S(=O)(=O)Nc1ccc(Cl)cc1)c1ccccc1OC(F)F. The van der Waals surface area contributed by atoms with Gasteiger partial charge in [0, 0.05) is 28.4 Å². The van der Waals surface area contributed by atoms with Gasteiger partial charge in [-0.2, -0.15) is 13.9 Å². The Balaban J connectivity index is 1.98. The molecule has 3 aromatic carbocycles. The largest absolute Gasteiger partial charge is 0.434 e. The van der Waals surface area contributed by atoms with Crippen molar-refractivity contribution in [2.45, 2.75) is 18.4 Å². The van der Waals surface area contributed by atoms with Crippen LogP contribution < -0.4 is 14.9 Å². The van der Waals surface area contributed by atoms with Gasteiger partial charge in [-0.05, 0) is 49.4 Å². The molecule has 0 radical (unpaired) electrons. The Labute approximate surface area is 198 Å². The lowest BCUT2D eigenvalue weighted by molar-refractivity contribution is -0.385. The Morgan fingerprint density at radius 2 is 1.79 bits per heavy atom. The van der Waals surface area contributed by atoms with E-state index in [1.165, 1.54) is 55.5 Å². The first kappa shape index (κ1) is 24.9. The summed E-state index contributed by atoms with van der Waals surface area (Å²) in [5.74, 6) is -0.124. The number of nitro benzene ring substituents is 1. The normalized spacial score (nSPS) is 11.9. The van der Waals surface area contributed by atoms with Crippen molar-refractivity contribution < 1.29 is 26.9 Å². The fourth-order valence-electron chi connectivity index (χ4n) is 2.84. The molecule has 0 aliphatic carbocycles. The van der Waals surface area contributed by atoms with Crippen LogP contribution >= 0.6 is 11.6 Å². The van der Waals surface area contributed by atoms with Gasteiger partial charge in [0.1, 0.15) is 10.6 Å². The van der Waals surface area contributed by atoms with Crippen molar-refractivity contribution in [3.05, 3.63) is 87.4 Å². The quantitative estimate of drug-likeness (QED) is 0.223. The van der Waals surface area contributed by atoms with Gasteiger partial charge in [-0.25, -0.2) is 8.42 Å². The van der Waals surface area contributed by atoms with Crippen LogP contribution in [-0.2, 0) is 10.0 Å². The molecule has 3 aromatic rings. The van der Waals surface area contributed by atoms with E-state index in [0.717, 1.165) is 12.1 Å². The van der Waals surface area contributed by atoms with Crippen LogP contribution in [-0.4, -0.2) is 25.7 Å². The van der Waals surface area contributed by atoms with Crippen molar-refractivity contribution in [3.8, 4) is 5.75 Å². The number of ether oxygens (including phenoxy) is 1. The average molecular weight is 511 g/mol. The number of benzene rings is 3. The summed E-state index contributed by atoms with van der Waals surface area (Å²) < 4.78 is 58.2. The Morgan fingerprint density at radius 3 is 2.44 bits per heavy atom. The number of nitrogens with one attached hydrogen (secondary N) is 2. The van der Waals surface area contributed by atoms with Gasteiger partial charge in [0.15, 0.2) is 0 Å². The van der Waals surface area contributed by atoms with E-state index in [-0.39, 0.29) is 28.4 Å². The van der Waals surface area contributed by atoms with E-state index in [2.05, 4.69) is 20.0 Å². The molecule has 13 heteroatoms. The maximum atomic E-state index is 13.0. The van der Waals surface area contributed by atoms with Gasteiger partial charge in [-0.3, -0.25) is 20.3 Å². The number of non-ortho nitro benzene ring substituents is 1. The van der Waals surface area contributed by atoms with Gasteiger partial charge in [0.05, 0.1) is 16.3 Å². The van der Waals surface area contributed by atoms with Crippen molar-refractivity contribution >= 4 is 44.4 Å². The fraction of sp³-hybridized carbons (Fsp3) is 0.0952. The zero-order valence-corrected chi connectivity index (χ0v) is 19.0. The highest BCUT2D eigenvalue weighted by Crippen LogP contribution is 2.29. The molecule has 34 heavy (non-hydrogen) atoms. The van der Waals surface area contributed by atoms with Gasteiger partial charge in [-0.15, -0.1) is 0 Å². The molecule has 0 amide bonds. The van der Waals surface area contributed by atoms with E-state index in [4.69, 9.17) is 11.6 Å². The number of sulfonamides is 1. The first-order valence-corrected chi connectivity index (χ1v) is 11.3. The highest BCUT2D eigenvalue weighted by atomic mass is 35.5. The standard InChI is InChI=1S/C21H17ClF2N4O5S/c1-13(17-4-2-3-5-19(17)33-21(23)24)25-26-18-11-10-16(28(29)30)12-20(18)34(31,32)27-15-8-6-14(22)7-9-15/h2-12,21,26-27H,1H3/b25-13-. The first-order valence-electron chi connectivity index (χ1n) is 9.48. The number of hydrogen-bond donors (Lipinski definition) is 2. The zero-order valence-electron chi connectivity index (χ0n) is 17.4. The molecule has 2 N–H and O–H groups in total. The summed E-state index contributed by atoms with van der Waals surface area (Å²) in [5.41, 5.74) is 2.61. The van der Waals surface area contributed by atoms with E-state index < -0.39 is 32.1 Å². The highest BCUT2D eigenvalue weighted by molar-refractivity contribution is 7.92. The zero-order chi connectivity index (χ0) is 24.9. The Kier molecular flexibility index (Phi) is 7.64. The number of rotatable bonds is 9. The van der Waals surface area contributed by atoms with Gasteiger partial charge in [0.25, 0.3) is 15.7 Å². The van der Waals surface area contributed by atoms with Crippen LogP contribution in [0.2, 0.25) is 5.02 Å². The molecule has 178 valence electrons. The van der Waals surface area contributed by atoms with Crippen LogP contribution in [0, 0.1) is 10.1 Å². The lowest BCUT2D eigenvalue weighted by Gasteiger charge is -2.13. The molecule has 3 rings (SSSR count). The molecule has 0 heterocycles. The number of nitrogens with zero attached hydrogens (tertiary/aromatic N) is 2. The molecule has 0 atom stereocenters. The second kappa shape index (κ2) is 10.4. The second-order valence-electron chi connectivity index (χ2n) is 6.73. The molecule has 0 saturated heterocycles. The third-order valence-corrected chi connectivity index (χ3v) is 6.07. The van der Waals surface area contributed by atoms with E-state index in [1.54, 1.807) is 6.07 Å². The molecule has 0 spiro atoms. The third kappa shape index (κ3) is 6.17. The van der Waals surface area contributed by atoms with E-state index in [0.29, 0.717) is 5.02 Å². The van der Waals surface area contributed by atoms with E-state index >= 15 is 0 Å². The van der Waals surface area contributed by atoms with Crippen LogP contribution in [0.4, 0.5) is 25.8 Å². The predicted octanol–water partition coefficient (Wildman–Crippen LogP) is 5.49. The summed E-state index contributed by atoms with van der Waals surface area (Å²) in [6.45, 7) is -1.56. The number of halogens is 3. The van der Waals surface area contributed by atoms with Gasteiger partial charge < -0.3 is 4.74 Å². The first-order chi connectivity index (χ1) is 16.1. The van der Waals surface area contributed by atoms with Crippen LogP contribution in [0.15, 0.2) is 76.7 Å². The minimum absolute atomic E-state index is 0.0846. The average Bonchev–Trinajstić information content (AvgIpc) is 2.78. The molecule has 0 aliphatic heterocycles. The van der Waals surface area contributed by atoms with Crippen molar-refractivity contribution in [2.24, 2.45) is 5.10 Å². The monoisotopic (exact) mass is 510 g/mol. The maximum absolute atomic E-state index is 13.0. The van der Waals surface area contributed by atoms with Crippen LogP contribution in [0.1, 0.15) is 12.5 Å². The number of anilines is 2. The lowest BCUT2D eigenvalue weighted by atomic mass is 10.1. The number of hydrogen-bond acceptors (Lipinski definition) is 7. The van der Waals surface area contributed by atoms with Crippen LogP contribution in [0.3, 0.4) is 0 Å². The third-order valence-electron chi connectivity index (χ3n) is 4.40. The molecule has 0 fully saturated rings. The smallest absolute Gasteiger partial charge is 0.387 e. The number of hydrazone groups is 1. The summed E-state index contributed by atoms with van der Waals surface area (Å²) in [4.78, 5) is 10.0. The summed E-state index contributed by atoms with van der Waals surface area (Å²) in [6, 6.07) is 14.9. The minimum atomic E-state index is -4.30. The molecule has 9 nitrogen and oxygen atoms in total. The molecule has 0 saturated carbocycles. The summed E-state index contributed by atoms with van der Waals surface area (Å²) in [7, 11) is -4.30. The number of alkyl halides is 2.